The summed E-state index contributed by atoms with van der Waals surface area (Å²) in [6, 6.07) is 24.3. The number of ether oxygens (including phenoxy) is 2. The van der Waals surface area contributed by atoms with Gasteiger partial charge in [0, 0.05) is 92.8 Å². The molecular formula is C48H64F2N6O7S. The minimum Gasteiger partial charge on any atom is -0.465 e. The second kappa shape index (κ2) is 25.5. The molecule has 0 atom stereocenters. The summed E-state index contributed by atoms with van der Waals surface area (Å²) in [5.74, 6) is -1.47. The van der Waals surface area contributed by atoms with E-state index in [9.17, 15) is 31.6 Å². The Labute approximate surface area is 377 Å². The van der Waals surface area contributed by atoms with Crippen molar-refractivity contribution in [3.05, 3.63) is 119 Å². The maximum Gasteiger partial charge on any atom is 0.337 e. The van der Waals surface area contributed by atoms with Gasteiger partial charge in [0.25, 0.3) is 0 Å². The molecule has 0 unspecified atom stereocenters. The van der Waals surface area contributed by atoms with E-state index in [2.05, 4.69) is 57.6 Å². The molecule has 0 spiro atoms. The third kappa shape index (κ3) is 14.9. The molecule has 4 aromatic carbocycles. The van der Waals surface area contributed by atoms with E-state index in [0.717, 1.165) is 62.9 Å². The maximum absolute atomic E-state index is 14.8. The van der Waals surface area contributed by atoms with E-state index in [4.69, 9.17) is 0 Å². The fraction of sp³-hybridized carbons (Fsp3) is 0.438. The summed E-state index contributed by atoms with van der Waals surface area (Å²) >= 11 is 0. The molecule has 2 aliphatic rings. The van der Waals surface area contributed by atoms with E-state index in [0.29, 0.717) is 61.0 Å². The molecule has 0 saturated carbocycles. The van der Waals surface area contributed by atoms with Crippen molar-refractivity contribution in [1.82, 2.24) is 10.2 Å². The minimum absolute atomic E-state index is 0.0766. The number of piperidine rings is 1. The summed E-state index contributed by atoms with van der Waals surface area (Å²) in [6.45, 7) is 15.2. The predicted molar refractivity (Wildman–Crippen MR) is 251 cm³/mol. The van der Waals surface area contributed by atoms with E-state index < -0.39 is 33.4 Å². The number of sulfone groups is 1. The lowest BCUT2D eigenvalue weighted by molar-refractivity contribution is 0.0591. The number of carbonyl (C=O) groups is 3. The van der Waals surface area contributed by atoms with Gasteiger partial charge in [-0.05, 0) is 120 Å². The molecule has 13 nitrogen and oxygen atoms in total. The Bertz CT molecular complexity index is 2200. The molecule has 64 heavy (non-hydrogen) atoms. The maximum atomic E-state index is 14.8. The molecule has 4 aromatic rings. The van der Waals surface area contributed by atoms with Crippen molar-refractivity contribution >= 4 is 50.6 Å². The first-order valence-corrected chi connectivity index (χ1v) is 23.7. The molecule has 2 fully saturated rings. The SMILES string of the molecule is CCN(CC)c1ccc(N(Cc2ccc(C(=O)OC)cc2F)C(=O)N2CCCCC2)cc1.CCN(CC)c1ccc(NCc2ccc(C(=O)OC)cc2F)cc1.O=S1(=O)CCNCC1. The van der Waals surface area contributed by atoms with E-state index in [1.165, 1.54) is 32.0 Å². The lowest BCUT2D eigenvalue weighted by Crippen LogP contribution is -2.45. The molecule has 16 heteroatoms. The number of esters is 2. The lowest BCUT2D eigenvalue weighted by Gasteiger charge is -2.33. The number of benzene rings is 4. The Morgan fingerprint density at radius 3 is 1.53 bits per heavy atom. The van der Waals surface area contributed by atoms with Gasteiger partial charge >= 0.3 is 18.0 Å². The number of nitrogens with one attached hydrogen (secondary N) is 2. The molecule has 2 N–H and O–H groups in total. The number of hydrogen-bond acceptors (Lipinski definition) is 11. The minimum atomic E-state index is -2.65. The van der Waals surface area contributed by atoms with Crippen molar-refractivity contribution in [2.75, 3.05) is 98.1 Å². The summed E-state index contributed by atoms with van der Waals surface area (Å²) in [5.41, 5.74) is 5.08. The van der Waals surface area contributed by atoms with Gasteiger partial charge in [0.05, 0.1) is 43.4 Å². The van der Waals surface area contributed by atoms with Crippen LogP contribution in [0.15, 0.2) is 84.9 Å². The van der Waals surface area contributed by atoms with Gasteiger partial charge in [-0.1, -0.05) is 12.1 Å². The smallest absolute Gasteiger partial charge is 0.337 e. The summed E-state index contributed by atoms with van der Waals surface area (Å²) in [6.07, 6.45) is 3.07. The standard InChI is InChI=1S/C25H32FN3O3.C19H23FN2O2.C4H9NO2S/c1-4-27(5-2)21-11-13-22(14-12-21)29(25(31)28-15-7-6-8-16-28)18-20-10-9-19(17-23(20)26)24(30)32-3;1-4-22(5-2)17-10-8-16(9-11-17)21-13-15-7-6-14(12-18(15)20)19(23)24-3;6-8(7)3-1-5-2-4-8/h9-14,17H,4-8,15-16,18H2,1-3H3;6-12,21H,4-5,13H2,1-3H3;5H,1-4H2. The first-order valence-electron chi connectivity index (χ1n) is 21.9. The first kappa shape index (κ1) is 50.9. The van der Waals surface area contributed by atoms with E-state index in [1.54, 1.807) is 23.1 Å². The summed E-state index contributed by atoms with van der Waals surface area (Å²) < 4.78 is 59.4. The van der Waals surface area contributed by atoms with Crippen molar-refractivity contribution < 1.29 is 41.1 Å². The Kier molecular flexibility index (Phi) is 20.3. The number of likely N-dealkylation sites (tertiary alicyclic amines) is 1. The Morgan fingerprint density at radius 2 is 1.11 bits per heavy atom. The number of carbonyl (C=O) groups excluding carboxylic acids is 3. The van der Waals surface area contributed by atoms with Crippen LogP contribution >= 0.6 is 0 Å². The third-order valence-electron chi connectivity index (χ3n) is 11.1. The normalized spacial score (nSPS) is 14.1. The highest BCUT2D eigenvalue weighted by Gasteiger charge is 2.26. The predicted octanol–water partition coefficient (Wildman–Crippen LogP) is 8.15. The molecule has 0 aromatic heterocycles. The second-order valence-electron chi connectivity index (χ2n) is 15.2. The number of hydrogen-bond donors (Lipinski definition) is 2. The number of rotatable bonds is 14. The molecule has 0 aliphatic carbocycles. The highest BCUT2D eigenvalue weighted by Crippen LogP contribution is 2.26. The van der Waals surface area contributed by atoms with Crippen molar-refractivity contribution in [2.45, 2.75) is 60.0 Å². The van der Waals surface area contributed by atoms with Crippen LogP contribution in [-0.4, -0.2) is 109 Å². The van der Waals surface area contributed by atoms with Crippen LogP contribution < -0.4 is 25.3 Å². The molecule has 6 rings (SSSR count). The highest BCUT2D eigenvalue weighted by atomic mass is 32.2. The van der Waals surface area contributed by atoms with Gasteiger partial charge in [0.2, 0.25) is 0 Å². The third-order valence-corrected chi connectivity index (χ3v) is 12.7. The number of methoxy groups -OCH3 is 2. The van der Waals surface area contributed by atoms with Crippen molar-refractivity contribution in [3.63, 3.8) is 0 Å². The summed E-state index contributed by atoms with van der Waals surface area (Å²) in [5, 5.41) is 6.15. The van der Waals surface area contributed by atoms with Gasteiger partial charge in [0.1, 0.15) is 11.6 Å². The second-order valence-corrected chi connectivity index (χ2v) is 17.5. The van der Waals surface area contributed by atoms with Crippen molar-refractivity contribution in [3.8, 4) is 0 Å². The van der Waals surface area contributed by atoms with E-state index >= 15 is 0 Å². The van der Waals surface area contributed by atoms with Crippen LogP contribution in [0.5, 0.6) is 0 Å². The largest absolute Gasteiger partial charge is 0.465 e. The average Bonchev–Trinajstić information content (AvgIpc) is 3.32. The Balaban J connectivity index is 0.000000245. The fourth-order valence-electron chi connectivity index (χ4n) is 7.24. The number of amides is 2. The number of urea groups is 1. The Hall–Kier alpha value is -5.74. The molecular weight excluding hydrogens is 843 g/mol. The average molecular weight is 907 g/mol. The number of anilines is 4. The molecule has 2 amide bonds. The molecule has 0 radical (unpaired) electrons. The highest BCUT2D eigenvalue weighted by molar-refractivity contribution is 7.91. The van der Waals surface area contributed by atoms with Crippen molar-refractivity contribution in [1.29, 1.82) is 0 Å². The lowest BCUT2D eigenvalue weighted by atomic mass is 10.1. The van der Waals surface area contributed by atoms with Gasteiger partial charge in [-0.25, -0.2) is 31.6 Å². The van der Waals surface area contributed by atoms with Crippen LogP contribution in [0.25, 0.3) is 0 Å². The van der Waals surface area contributed by atoms with Crippen molar-refractivity contribution in [2.24, 2.45) is 0 Å². The fourth-order valence-corrected chi connectivity index (χ4v) is 8.36. The van der Waals surface area contributed by atoms with Gasteiger partial charge < -0.3 is 34.8 Å². The topological polar surface area (TPSA) is 141 Å². The van der Waals surface area contributed by atoms with Crippen LogP contribution in [0.4, 0.5) is 36.3 Å². The van der Waals surface area contributed by atoms with Crippen LogP contribution in [0.3, 0.4) is 0 Å². The van der Waals surface area contributed by atoms with Crippen LogP contribution in [0, 0.1) is 11.6 Å². The molecule has 2 saturated heterocycles. The van der Waals surface area contributed by atoms with Crippen LogP contribution in [-0.2, 0) is 32.4 Å². The van der Waals surface area contributed by atoms with Gasteiger partial charge in [-0.2, -0.15) is 0 Å². The quantitative estimate of drug-likeness (QED) is 0.119. The summed E-state index contributed by atoms with van der Waals surface area (Å²) in [7, 11) is -0.111. The number of nitrogens with zero attached hydrogens (tertiary/aromatic N) is 4. The van der Waals surface area contributed by atoms with Gasteiger partial charge in [-0.3, -0.25) is 4.90 Å². The zero-order chi connectivity index (χ0) is 46.6. The summed E-state index contributed by atoms with van der Waals surface area (Å²) in [4.78, 5) is 44.4. The Morgan fingerprint density at radius 1 is 0.656 bits per heavy atom. The molecule has 2 heterocycles. The van der Waals surface area contributed by atoms with E-state index in [1.807, 2.05) is 53.4 Å². The molecule has 348 valence electrons. The van der Waals surface area contributed by atoms with Crippen LogP contribution in [0.2, 0.25) is 0 Å². The number of halogens is 2. The first-order chi connectivity index (χ1) is 30.8. The monoisotopic (exact) mass is 906 g/mol. The van der Waals surface area contributed by atoms with Crippen LogP contribution in [0.1, 0.15) is 78.8 Å². The van der Waals surface area contributed by atoms with E-state index in [-0.39, 0.29) is 23.7 Å². The zero-order valence-electron chi connectivity index (χ0n) is 38.0. The van der Waals surface area contributed by atoms with Gasteiger partial charge in [-0.15, -0.1) is 0 Å². The zero-order valence-corrected chi connectivity index (χ0v) is 38.8. The molecule has 0 bridgehead atoms. The molecule has 2 aliphatic heterocycles. The van der Waals surface area contributed by atoms with Gasteiger partial charge in [0.15, 0.2) is 9.84 Å².